The maximum Gasteiger partial charge on any atom is 0.271 e. The maximum atomic E-state index is 11.5. The summed E-state index contributed by atoms with van der Waals surface area (Å²) in [5.41, 5.74) is 1.13. The van der Waals surface area contributed by atoms with E-state index in [9.17, 15) is 4.79 Å². The van der Waals surface area contributed by atoms with Gasteiger partial charge in [0.25, 0.3) is 5.91 Å². The van der Waals surface area contributed by atoms with E-state index >= 15 is 0 Å². The third kappa shape index (κ3) is 4.35. The van der Waals surface area contributed by atoms with Crippen LogP contribution in [0.25, 0.3) is 0 Å². The summed E-state index contributed by atoms with van der Waals surface area (Å²) >= 11 is 0. The normalized spacial score (nSPS) is 10.1. The van der Waals surface area contributed by atoms with Gasteiger partial charge in [-0.15, -0.1) is 0 Å². The Balaban J connectivity index is 2.27. The molecule has 0 radical (unpaired) electrons. The van der Waals surface area contributed by atoms with Gasteiger partial charge in [-0.3, -0.25) is 9.78 Å². The maximum absolute atomic E-state index is 11.5. The standard InChI is InChI=1S/C11H17N3O2/c1-9-7-14-10(8-13-9)11(16)12-5-3-2-4-6-15/h7-8,15H,2-6H2,1H3,(H,12,16). The number of rotatable bonds is 6. The van der Waals surface area contributed by atoms with Gasteiger partial charge in [-0.1, -0.05) is 0 Å². The Kier molecular flexibility index (Phi) is 5.42. The van der Waals surface area contributed by atoms with Gasteiger partial charge in [-0.2, -0.15) is 0 Å². The van der Waals surface area contributed by atoms with Crippen LogP contribution in [0.5, 0.6) is 0 Å². The summed E-state index contributed by atoms with van der Waals surface area (Å²) in [6.07, 6.45) is 5.60. The highest BCUT2D eigenvalue weighted by molar-refractivity contribution is 5.91. The average molecular weight is 223 g/mol. The van der Waals surface area contributed by atoms with E-state index in [4.69, 9.17) is 5.11 Å². The summed E-state index contributed by atoms with van der Waals surface area (Å²) in [6.45, 7) is 2.63. The van der Waals surface area contributed by atoms with Gasteiger partial charge in [0.15, 0.2) is 0 Å². The van der Waals surface area contributed by atoms with Gasteiger partial charge >= 0.3 is 0 Å². The molecular formula is C11H17N3O2. The Hall–Kier alpha value is -1.49. The zero-order chi connectivity index (χ0) is 11.8. The number of nitrogens with one attached hydrogen (secondary N) is 1. The fourth-order valence-corrected chi connectivity index (χ4v) is 1.22. The number of aliphatic hydroxyl groups is 1. The summed E-state index contributed by atoms with van der Waals surface area (Å²) in [4.78, 5) is 19.5. The lowest BCUT2D eigenvalue weighted by molar-refractivity contribution is 0.0947. The Morgan fingerprint density at radius 2 is 2.12 bits per heavy atom. The first kappa shape index (κ1) is 12.6. The van der Waals surface area contributed by atoms with Crippen molar-refractivity contribution in [3.05, 3.63) is 23.8 Å². The number of carbonyl (C=O) groups is 1. The molecule has 1 aromatic rings. The van der Waals surface area contributed by atoms with Crippen LogP contribution in [0.4, 0.5) is 0 Å². The first-order valence-electron chi connectivity index (χ1n) is 5.41. The van der Waals surface area contributed by atoms with E-state index in [2.05, 4.69) is 15.3 Å². The third-order valence-electron chi connectivity index (χ3n) is 2.13. The second-order valence-corrected chi connectivity index (χ2v) is 3.58. The quantitative estimate of drug-likeness (QED) is 0.695. The van der Waals surface area contributed by atoms with Crippen LogP contribution < -0.4 is 5.32 Å². The Labute approximate surface area is 94.9 Å². The van der Waals surface area contributed by atoms with Crippen molar-refractivity contribution < 1.29 is 9.90 Å². The molecule has 16 heavy (non-hydrogen) atoms. The molecule has 0 saturated heterocycles. The van der Waals surface area contributed by atoms with Gasteiger partial charge in [0.1, 0.15) is 5.69 Å². The number of aliphatic hydroxyl groups excluding tert-OH is 1. The summed E-state index contributed by atoms with van der Waals surface area (Å²) in [5.74, 6) is -0.198. The molecule has 88 valence electrons. The van der Waals surface area contributed by atoms with Crippen molar-refractivity contribution in [2.24, 2.45) is 0 Å². The Bertz CT molecular complexity index is 325. The first-order valence-corrected chi connectivity index (χ1v) is 5.41. The molecule has 0 aliphatic heterocycles. The highest BCUT2D eigenvalue weighted by Crippen LogP contribution is 1.95. The van der Waals surface area contributed by atoms with Crippen LogP contribution in [0.1, 0.15) is 35.4 Å². The highest BCUT2D eigenvalue weighted by Gasteiger charge is 2.05. The smallest absolute Gasteiger partial charge is 0.271 e. The van der Waals surface area contributed by atoms with Gasteiger partial charge in [-0.05, 0) is 26.2 Å². The molecule has 0 aliphatic carbocycles. The van der Waals surface area contributed by atoms with Crippen LogP contribution in [0.2, 0.25) is 0 Å². The number of aromatic nitrogens is 2. The van der Waals surface area contributed by atoms with Gasteiger partial charge in [0.05, 0.1) is 11.9 Å². The molecule has 1 rings (SSSR count). The summed E-state index contributed by atoms with van der Waals surface area (Å²) in [7, 11) is 0. The molecule has 1 amide bonds. The molecule has 1 heterocycles. The summed E-state index contributed by atoms with van der Waals surface area (Å²) in [6, 6.07) is 0. The molecular weight excluding hydrogens is 206 g/mol. The second-order valence-electron chi connectivity index (χ2n) is 3.58. The molecule has 0 atom stereocenters. The van der Waals surface area contributed by atoms with Crippen LogP contribution in [-0.4, -0.2) is 34.1 Å². The molecule has 5 heteroatoms. The second kappa shape index (κ2) is 6.90. The predicted molar refractivity (Wildman–Crippen MR) is 60.0 cm³/mol. The molecule has 0 fully saturated rings. The third-order valence-corrected chi connectivity index (χ3v) is 2.13. The molecule has 0 saturated carbocycles. The minimum absolute atomic E-state index is 0.198. The van der Waals surface area contributed by atoms with Crippen molar-refractivity contribution in [2.45, 2.75) is 26.2 Å². The number of amides is 1. The molecule has 0 aliphatic rings. The Morgan fingerprint density at radius 1 is 1.31 bits per heavy atom. The minimum Gasteiger partial charge on any atom is -0.396 e. The lowest BCUT2D eigenvalue weighted by atomic mass is 10.2. The number of carbonyl (C=O) groups excluding carboxylic acids is 1. The van der Waals surface area contributed by atoms with E-state index in [0.717, 1.165) is 25.0 Å². The van der Waals surface area contributed by atoms with E-state index in [1.54, 1.807) is 6.20 Å². The number of aryl methyl sites for hydroxylation is 1. The molecule has 0 unspecified atom stereocenters. The zero-order valence-corrected chi connectivity index (χ0v) is 9.44. The van der Waals surface area contributed by atoms with E-state index in [-0.39, 0.29) is 12.5 Å². The fourth-order valence-electron chi connectivity index (χ4n) is 1.22. The van der Waals surface area contributed by atoms with Crippen LogP contribution in [0, 0.1) is 6.92 Å². The van der Waals surface area contributed by atoms with Gasteiger partial charge in [0, 0.05) is 19.3 Å². The molecule has 0 bridgehead atoms. The molecule has 0 aromatic carbocycles. The number of nitrogens with zero attached hydrogens (tertiary/aromatic N) is 2. The largest absolute Gasteiger partial charge is 0.396 e. The van der Waals surface area contributed by atoms with Gasteiger partial charge in [-0.25, -0.2) is 4.98 Å². The van der Waals surface area contributed by atoms with Gasteiger partial charge < -0.3 is 10.4 Å². The van der Waals surface area contributed by atoms with Crippen molar-refractivity contribution >= 4 is 5.91 Å². The lowest BCUT2D eigenvalue weighted by Gasteiger charge is -2.03. The minimum atomic E-state index is -0.198. The molecule has 0 spiro atoms. The monoisotopic (exact) mass is 223 g/mol. The number of unbranched alkanes of at least 4 members (excludes halogenated alkanes) is 2. The van der Waals surface area contributed by atoms with E-state index < -0.39 is 0 Å². The SMILES string of the molecule is Cc1cnc(C(=O)NCCCCCO)cn1. The van der Waals surface area contributed by atoms with E-state index in [1.165, 1.54) is 6.20 Å². The lowest BCUT2D eigenvalue weighted by Crippen LogP contribution is -2.25. The van der Waals surface area contributed by atoms with Crippen LogP contribution >= 0.6 is 0 Å². The topological polar surface area (TPSA) is 75.1 Å². The number of hydrogen-bond acceptors (Lipinski definition) is 4. The summed E-state index contributed by atoms with van der Waals surface area (Å²) in [5, 5.41) is 11.3. The number of hydrogen-bond donors (Lipinski definition) is 2. The van der Waals surface area contributed by atoms with Crippen molar-refractivity contribution in [3.63, 3.8) is 0 Å². The highest BCUT2D eigenvalue weighted by atomic mass is 16.2. The first-order chi connectivity index (χ1) is 7.74. The average Bonchev–Trinajstić information content (AvgIpc) is 2.29. The molecule has 1 aromatic heterocycles. The van der Waals surface area contributed by atoms with Gasteiger partial charge in [0.2, 0.25) is 0 Å². The fraction of sp³-hybridized carbons (Fsp3) is 0.545. The summed E-state index contributed by atoms with van der Waals surface area (Å²) < 4.78 is 0. The van der Waals surface area contributed by atoms with Crippen molar-refractivity contribution in [2.75, 3.05) is 13.2 Å². The Morgan fingerprint density at radius 3 is 2.75 bits per heavy atom. The molecule has 5 nitrogen and oxygen atoms in total. The van der Waals surface area contributed by atoms with Crippen LogP contribution in [-0.2, 0) is 0 Å². The van der Waals surface area contributed by atoms with Crippen LogP contribution in [0.15, 0.2) is 12.4 Å². The van der Waals surface area contributed by atoms with Crippen LogP contribution in [0.3, 0.4) is 0 Å². The predicted octanol–water partition coefficient (Wildman–Crippen LogP) is 0.677. The van der Waals surface area contributed by atoms with Crippen molar-refractivity contribution in [1.82, 2.24) is 15.3 Å². The van der Waals surface area contributed by atoms with E-state index in [1.807, 2.05) is 6.92 Å². The van der Waals surface area contributed by atoms with E-state index in [0.29, 0.717) is 12.2 Å². The van der Waals surface area contributed by atoms with Crippen molar-refractivity contribution in [1.29, 1.82) is 0 Å². The zero-order valence-electron chi connectivity index (χ0n) is 9.44. The molecule has 2 N–H and O–H groups in total. The van der Waals surface area contributed by atoms with Crippen molar-refractivity contribution in [3.8, 4) is 0 Å².